The minimum atomic E-state index is -3.15. The van der Waals surface area contributed by atoms with Crippen molar-refractivity contribution in [2.45, 2.75) is 6.42 Å². The Morgan fingerprint density at radius 1 is 1.38 bits per heavy atom. The van der Waals surface area contributed by atoms with E-state index in [9.17, 15) is 23.3 Å². The van der Waals surface area contributed by atoms with Crippen LogP contribution in [0.2, 0.25) is 0 Å². The summed E-state index contributed by atoms with van der Waals surface area (Å²) in [7, 11) is -3.15. The maximum Gasteiger partial charge on any atom is 0.288 e. The summed E-state index contributed by atoms with van der Waals surface area (Å²) < 4.78 is 23.0. The van der Waals surface area contributed by atoms with Crippen LogP contribution in [0.4, 0.5) is 11.5 Å². The van der Waals surface area contributed by atoms with Crippen LogP contribution in [0, 0.1) is 10.1 Å². The lowest BCUT2D eigenvalue weighted by Crippen LogP contribution is -2.34. The molecule has 2 heterocycles. The summed E-state index contributed by atoms with van der Waals surface area (Å²) in [5.74, 6) is -0.751. The van der Waals surface area contributed by atoms with E-state index in [-0.39, 0.29) is 41.7 Å². The molecule has 0 saturated carbocycles. The molecule has 0 atom stereocenters. The van der Waals surface area contributed by atoms with E-state index in [1.54, 1.807) is 0 Å². The maximum absolute atomic E-state index is 12.3. The van der Waals surface area contributed by atoms with Gasteiger partial charge < -0.3 is 10.6 Å². The van der Waals surface area contributed by atoms with E-state index in [4.69, 9.17) is 5.73 Å². The molecule has 1 aromatic heterocycles. The zero-order valence-electron chi connectivity index (χ0n) is 11.1. The second-order valence-corrected chi connectivity index (χ2v) is 6.98. The third kappa shape index (κ3) is 3.45. The van der Waals surface area contributed by atoms with Crippen LogP contribution in [-0.2, 0) is 9.84 Å². The second-order valence-electron chi connectivity index (χ2n) is 4.68. The van der Waals surface area contributed by atoms with Gasteiger partial charge in [0.2, 0.25) is 0 Å². The van der Waals surface area contributed by atoms with Gasteiger partial charge >= 0.3 is 0 Å². The van der Waals surface area contributed by atoms with E-state index in [0.29, 0.717) is 6.42 Å². The highest BCUT2D eigenvalue weighted by Gasteiger charge is 2.26. The number of nitrogens with two attached hydrogens (primary N) is 1. The third-order valence-electron chi connectivity index (χ3n) is 3.19. The van der Waals surface area contributed by atoms with E-state index in [1.807, 2.05) is 0 Å². The molecule has 2 rings (SSSR count). The van der Waals surface area contributed by atoms with Gasteiger partial charge in [0.15, 0.2) is 9.84 Å². The number of carbonyl (C=O) groups is 1. The Kier molecular flexibility index (Phi) is 4.07. The standard InChI is InChI=1S/C11H14N4O5S/c12-10-9(6-8(7-13-10)15(17)18)11(16)14-2-1-4-21(19,20)5-3-14/h6-7H,1-5H2,(H2,12,13). The molecule has 1 aliphatic rings. The van der Waals surface area contributed by atoms with Gasteiger partial charge in [-0.05, 0) is 6.42 Å². The Hall–Kier alpha value is -2.23. The summed E-state index contributed by atoms with van der Waals surface area (Å²) in [5.41, 5.74) is 5.17. The van der Waals surface area contributed by atoms with Crippen LogP contribution in [0.3, 0.4) is 0 Å². The molecule has 0 aliphatic carbocycles. The molecule has 0 radical (unpaired) electrons. The van der Waals surface area contributed by atoms with Gasteiger partial charge in [0, 0.05) is 19.2 Å². The Morgan fingerprint density at radius 3 is 2.76 bits per heavy atom. The summed E-state index contributed by atoms with van der Waals surface area (Å²) in [5, 5.41) is 10.7. The first kappa shape index (κ1) is 15.2. The first-order valence-corrected chi connectivity index (χ1v) is 8.02. The number of nitrogens with zero attached hydrogens (tertiary/aromatic N) is 3. The topological polar surface area (TPSA) is 136 Å². The average Bonchev–Trinajstić information content (AvgIpc) is 2.59. The molecule has 0 bridgehead atoms. The Balaban J connectivity index is 2.27. The number of sulfone groups is 1. The molecule has 2 N–H and O–H groups in total. The number of rotatable bonds is 2. The van der Waals surface area contributed by atoms with Crippen LogP contribution in [-0.4, -0.2) is 53.7 Å². The molecule has 21 heavy (non-hydrogen) atoms. The smallest absolute Gasteiger partial charge is 0.288 e. The largest absolute Gasteiger partial charge is 0.383 e. The zero-order chi connectivity index (χ0) is 15.6. The van der Waals surface area contributed by atoms with Crippen molar-refractivity contribution < 1.29 is 18.1 Å². The molecule has 1 saturated heterocycles. The van der Waals surface area contributed by atoms with E-state index in [0.717, 1.165) is 12.3 Å². The Morgan fingerprint density at radius 2 is 2.10 bits per heavy atom. The quantitative estimate of drug-likeness (QED) is 0.591. The molecule has 0 unspecified atom stereocenters. The van der Waals surface area contributed by atoms with Gasteiger partial charge in [-0.2, -0.15) is 0 Å². The number of anilines is 1. The highest BCUT2D eigenvalue weighted by Crippen LogP contribution is 2.19. The van der Waals surface area contributed by atoms with E-state index < -0.39 is 20.7 Å². The minimum absolute atomic E-state index is 0.0272. The number of nitro groups is 1. The maximum atomic E-state index is 12.3. The van der Waals surface area contributed by atoms with Crippen molar-refractivity contribution in [1.82, 2.24) is 9.88 Å². The first-order chi connectivity index (χ1) is 9.80. The normalized spacial score (nSPS) is 18.0. The summed E-state index contributed by atoms with van der Waals surface area (Å²) in [6.07, 6.45) is 1.30. The summed E-state index contributed by atoms with van der Waals surface area (Å²) in [6, 6.07) is 1.06. The molecule has 10 heteroatoms. The number of nitrogen functional groups attached to an aromatic ring is 1. The van der Waals surface area contributed by atoms with E-state index in [1.165, 1.54) is 4.90 Å². The van der Waals surface area contributed by atoms with Gasteiger partial charge in [-0.25, -0.2) is 13.4 Å². The predicted octanol–water partition coefficient (Wildman–Crippen LogP) is -0.167. The summed E-state index contributed by atoms with van der Waals surface area (Å²) >= 11 is 0. The van der Waals surface area contributed by atoms with Gasteiger partial charge in [-0.3, -0.25) is 14.9 Å². The lowest BCUT2D eigenvalue weighted by Gasteiger charge is -2.20. The van der Waals surface area contributed by atoms with Crippen LogP contribution in [0.15, 0.2) is 12.3 Å². The van der Waals surface area contributed by atoms with Crippen molar-refractivity contribution >= 4 is 27.2 Å². The van der Waals surface area contributed by atoms with E-state index >= 15 is 0 Å². The third-order valence-corrected chi connectivity index (χ3v) is 4.90. The monoisotopic (exact) mass is 314 g/mol. The van der Waals surface area contributed by atoms with Crippen molar-refractivity contribution in [2.24, 2.45) is 0 Å². The van der Waals surface area contributed by atoms with Crippen LogP contribution < -0.4 is 5.73 Å². The first-order valence-electron chi connectivity index (χ1n) is 6.20. The average molecular weight is 314 g/mol. The van der Waals surface area contributed by atoms with Gasteiger partial charge in [-0.1, -0.05) is 0 Å². The van der Waals surface area contributed by atoms with Crippen LogP contribution in [0.1, 0.15) is 16.8 Å². The molecule has 114 valence electrons. The number of amides is 1. The highest BCUT2D eigenvalue weighted by molar-refractivity contribution is 7.91. The van der Waals surface area contributed by atoms with Crippen LogP contribution in [0.25, 0.3) is 0 Å². The minimum Gasteiger partial charge on any atom is -0.383 e. The lowest BCUT2D eigenvalue weighted by atomic mass is 10.2. The molecule has 1 aromatic rings. The number of carbonyl (C=O) groups excluding carboxylic acids is 1. The SMILES string of the molecule is Nc1ncc([N+](=O)[O-])cc1C(=O)N1CCCS(=O)(=O)CC1. The van der Waals surface area contributed by atoms with Gasteiger partial charge in [0.1, 0.15) is 12.0 Å². The van der Waals surface area contributed by atoms with Gasteiger partial charge in [-0.15, -0.1) is 0 Å². The molecule has 0 spiro atoms. The van der Waals surface area contributed by atoms with Crippen molar-refractivity contribution in [2.75, 3.05) is 30.3 Å². The molecular formula is C11H14N4O5S. The summed E-state index contributed by atoms with van der Waals surface area (Å²) in [6.45, 7) is 0.309. The number of hydrogen-bond donors (Lipinski definition) is 1. The molecule has 9 nitrogen and oxygen atoms in total. The van der Waals surface area contributed by atoms with Crippen molar-refractivity contribution in [1.29, 1.82) is 0 Å². The molecule has 1 fully saturated rings. The van der Waals surface area contributed by atoms with Crippen molar-refractivity contribution in [3.63, 3.8) is 0 Å². The molecular weight excluding hydrogens is 300 g/mol. The Bertz CT molecular complexity index is 688. The molecule has 0 aromatic carbocycles. The summed E-state index contributed by atoms with van der Waals surface area (Å²) in [4.78, 5) is 27.4. The van der Waals surface area contributed by atoms with Crippen molar-refractivity contribution in [3.05, 3.63) is 27.9 Å². The van der Waals surface area contributed by atoms with Crippen LogP contribution >= 0.6 is 0 Å². The number of pyridine rings is 1. The highest BCUT2D eigenvalue weighted by atomic mass is 32.2. The molecule has 1 aliphatic heterocycles. The van der Waals surface area contributed by atoms with Crippen molar-refractivity contribution in [3.8, 4) is 0 Å². The fourth-order valence-corrected chi connectivity index (χ4v) is 3.32. The number of aromatic nitrogens is 1. The fraction of sp³-hybridized carbons (Fsp3) is 0.455. The molecule has 1 amide bonds. The fourth-order valence-electron chi connectivity index (χ4n) is 2.05. The van der Waals surface area contributed by atoms with Gasteiger partial charge in [0.25, 0.3) is 11.6 Å². The van der Waals surface area contributed by atoms with Gasteiger partial charge in [0.05, 0.1) is 22.0 Å². The lowest BCUT2D eigenvalue weighted by molar-refractivity contribution is -0.385. The predicted molar refractivity (Wildman–Crippen MR) is 74.5 cm³/mol. The van der Waals surface area contributed by atoms with Crippen LogP contribution in [0.5, 0.6) is 0 Å². The number of hydrogen-bond acceptors (Lipinski definition) is 7. The Labute approximate surface area is 120 Å². The zero-order valence-corrected chi connectivity index (χ0v) is 11.9. The second kappa shape index (κ2) is 5.64. The van der Waals surface area contributed by atoms with E-state index in [2.05, 4.69) is 4.98 Å².